The van der Waals surface area contributed by atoms with E-state index in [1.165, 1.54) is 12.3 Å². The highest BCUT2D eigenvalue weighted by atomic mass is 16.4. The number of furan rings is 1. The molecular weight excluding hydrogens is 222 g/mol. The van der Waals surface area contributed by atoms with E-state index >= 15 is 0 Å². The molecule has 1 heterocycles. The summed E-state index contributed by atoms with van der Waals surface area (Å²) in [6.45, 7) is 5.29. The normalized spacial score (nSPS) is 11.7. The van der Waals surface area contributed by atoms with Crippen molar-refractivity contribution in [3.63, 3.8) is 0 Å². The Morgan fingerprint density at radius 1 is 1.53 bits per heavy atom. The number of aliphatic hydroxyl groups is 1. The Labute approximate surface area is 100 Å². The maximum atomic E-state index is 10.8. The van der Waals surface area contributed by atoms with Crippen molar-refractivity contribution in [2.75, 3.05) is 13.2 Å². The van der Waals surface area contributed by atoms with Crippen LogP contribution in [0.2, 0.25) is 0 Å². The summed E-state index contributed by atoms with van der Waals surface area (Å²) >= 11 is 0. The van der Waals surface area contributed by atoms with Gasteiger partial charge in [-0.3, -0.25) is 0 Å². The number of hydrogen-bond acceptors (Lipinski definition) is 4. The van der Waals surface area contributed by atoms with Crippen molar-refractivity contribution in [2.24, 2.45) is 5.41 Å². The summed E-state index contributed by atoms with van der Waals surface area (Å²) < 4.78 is 5.11. The standard InChI is InChI=1S/C12H19NO4/c1-12(2,4-5-14)8-13-7-10-9(11(15)16)3-6-17-10/h3,6,13-14H,4-5,7-8H2,1-2H3,(H,15,16). The molecule has 5 nitrogen and oxygen atoms in total. The fourth-order valence-electron chi connectivity index (χ4n) is 1.57. The highest BCUT2D eigenvalue weighted by molar-refractivity contribution is 5.88. The van der Waals surface area contributed by atoms with Crippen LogP contribution in [0.1, 0.15) is 36.4 Å². The van der Waals surface area contributed by atoms with Gasteiger partial charge in [0.15, 0.2) is 0 Å². The zero-order valence-electron chi connectivity index (χ0n) is 10.2. The smallest absolute Gasteiger partial charge is 0.339 e. The van der Waals surface area contributed by atoms with E-state index in [0.717, 1.165) is 0 Å². The van der Waals surface area contributed by atoms with Crippen LogP contribution in [0.25, 0.3) is 0 Å². The minimum absolute atomic E-state index is 0.0231. The van der Waals surface area contributed by atoms with E-state index < -0.39 is 5.97 Å². The second kappa shape index (κ2) is 5.84. The summed E-state index contributed by atoms with van der Waals surface area (Å²) in [5.41, 5.74) is 0.169. The number of aromatic carboxylic acids is 1. The van der Waals surface area contributed by atoms with E-state index in [0.29, 0.717) is 25.3 Å². The van der Waals surface area contributed by atoms with Crippen molar-refractivity contribution in [3.8, 4) is 0 Å². The van der Waals surface area contributed by atoms with Gasteiger partial charge >= 0.3 is 5.97 Å². The molecule has 0 radical (unpaired) electrons. The van der Waals surface area contributed by atoms with Gasteiger partial charge in [0.2, 0.25) is 0 Å². The molecule has 1 rings (SSSR count). The fourth-order valence-corrected chi connectivity index (χ4v) is 1.57. The summed E-state index contributed by atoms with van der Waals surface area (Å²) in [6, 6.07) is 1.44. The lowest BCUT2D eigenvalue weighted by atomic mass is 9.90. The van der Waals surface area contributed by atoms with Crippen LogP contribution in [0, 0.1) is 5.41 Å². The minimum Gasteiger partial charge on any atom is -0.478 e. The first-order valence-electron chi connectivity index (χ1n) is 5.57. The van der Waals surface area contributed by atoms with E-state index in [4.69, 9.17) is 14.6 Å². The van der Waals surface area contributed by atoms with Crippen molar-refractivity contribution in [3.05, 3.63) is 23.7 Å². The highest BCUT2D eigenvalue weighted by Gasteiger charge is 2.18. The Morgan fingerprint density at radius 2 is 2.24 bits per heavy atom. The fraction of sp³-hybridized carbons (Fsp3) is 0.583. The van der Waals surface area contributed by atoms with Crippen LogP contribution in [-0.2, 0) is 6.54 Å². The van der Waals surface area contributed by atoms with E-state index in [1.807, 2.05) is 13.8 Å². The van der Waals surface area contributed by atoms with E-state index in [1.54, 1.807) is 0 Å². The molecule has 0 aliphatic carbocycles. The average molecular weight is 241 g/mol. The SMILES string of the molecule is CC(C)(CCO)CNCc1occc1C(=O)O. The van der Waals surface area contributed by atoms with Gasteiger partial charge in [-0.25, -0.2) is 4.79 Å². The molecular formula is C12H19NO4. The van der Waals surface area contributed by atoms with Crippen LogP contribution in [-0.4, -0.2) is 29.3 Å². The Hall–Kier alpha value is -1.33. The monoisotopic (exact) mass is 241 g/mol. The largest absolute Gasteiger partial charge is 0.478 e. The summed E-state index contributed by atoms with van der Waals surface area (Å²) in [7, 11) is 0. The van der Waals surface area contributed by atoms with Crippen LogP contribution in [0.5, 0.6) is 0 Å². The molecule has 1 aromatic heterocycles. The second-order valence-corrected chi connectivity index (χ2v) is 4.80. The van der Waals surface area contributed by atoms with Crippen molar-refractivity contribution in [1.29, 1.82) is 0 Å². The van der Waals surface area contributed by atoms with Gasteiger partial charge in [0.05, 0.1) is 12.8 Å². The lowest BCUT2D eigenvalue weighted by Gasteiger charge is -2.23. The molecule has 0 spiro atoms. The Kier molecular flexibility index (Phi) is 4.72. The number of carbonyl (C=O) groups is 1. The number of carboxylic acids is 1. The summed E-state index contributed by atoms with van der Waals surface area (Å²) in [5, 5.41) is 20.9. The summed E-state index contributed by atoms with van der Waals surface area (Å²) in [5.74, 6) is -0.553. The quantitative estimate of drug-likeness (QED) is 0.673. The molecule has 0 amide bonds. The van der Waals surface area contributed by atoms with Gasteiger partial charge in [-0.15, -0.1) is 0 Å². The third kappa shape index (κ3) is 4.20. The maximum absolute atomic E-state index is 10.8. The van der Waals surface area contributed by atoms with Crippen LogP contribution >= 0.6 is 0 Å². The first-order valence-corrected chi connectivity index (χ1v) is 5.57. The molecule has 0 fully saturated rings. The number of hydrogen-bond donors (Lipinski definition) is 3. The molecule has 5 heteroatoms. The lowest BCUT2D eigenvalue weighted by molar-refractivity contribution is 0.0694. The predicted octanol–water partition coefficient (Wildman–Crippen LogP) is 1.48. The number of rotatable bonds is 7. The minimum atomic E-state index is -0.981. The average Bonchev–Trinajstić information content (AvgIpc) is 2.65. The topological polar surface area (TPSA) is 82.7 Å². The second-order valence-electron chi connectivity index (χ2n) is 4.80. The number of carboxylic acid groups (broad SMARTS) is 1. The molecule has 0 atom stereocenters. The van der Waals surface area contributed by atoms with Gasteiger partial charge in [0, 0.05) is 13.2 Å². The zero-order valence-corrected chi connectivity index (χ0v) is 10.2. The lowest BCUT2D eigenvalue weighted by Crippen LogP contribution is -2.30. The van der Waals surface area contributed by atoms with E-state index in [9.17, 15) is 4.79 Å². The maximum Gasteiger partial charge on any atom is 0.339 e. The van der Waals surface area contributed by atoms with Gasteiger partial charge < -0.3 is 19.9 Å². The van der Waals surface area contributed by atoms with Crippen molar-refractivity contribution in [2.45, 2.75) is 26.8 Å². The highest BCUT2D eigenvalue weighted by Crippen LogP contribution is 2.18. The van der Waals surface area contributed by atoms with E-state index in [-0.39, 0.29) is 17.6 Å². The van der Waals surface area contributed by atoms with Gasteiger partial charge in [-0.05, 0) is 17.9 Å². The van der Waals surface area contributed by atoms with Gasteiger partial charge in [0.25, 0.3) is 0 Å². The van der Waals surface area contributed by atoms with Crippen LogP contribution < -0.4 is 5.32 Å². The van der Waals surface area contributed by atoms with Crippen molar-refractivity contribution in [1.82, 2.24) is 5.32 Å². The molecule has 96 valence electrons. The van der Waals surface area contributed by atoms with Crippen LogP contribution in [0.15, 0.2) is 16.7 Å². The van der Waals surface area contributed by atoms with Gasteiger partial charge in [-0.2, -0.15) is 0 Å². The van der Waals surface area contributed by atoms with Crippen molar-refractivity contribution < 1.29 is 19.4 Å². The van der Waals surface area contributed by atoms with Crippen molar-refractivity contribution >= 4 is 5.97 Å². The number of aliphatic hydroxyl groups excluding tert-OH is 1. The number of nitrogens with one attached hydrogen (secondary N) is 1. The summed E-state index contributed by atoms with van der Waals surface area (Å²) in [6.07, 6.45) is 2.07. The molecule has 0 aliphatic heterocycles. The van der Waals surface area contributed by atoms with Gasteiger partial charge in [0.1, 0.15) is 11.3 Å². The molecule has 0 bridgehead atoms. The molecule has 0 unspecified atom stereocenters. The molecule has 0 aliphatic rings. The molecule has 17 heavy (non-hydrogen) atoms. The van der Waals surface area contributed by atoms with E-state index in [2.05, 4.69) is 5.32 Å². The molecule has 0 aromatic carbocycles. The third-order valence-electron chi connectivity index (χ3n) is 2.65. The third-order valence-corrected chi connectivity index (χ3v) is 2.65. The van der Waals surface area contributed by atoms with Gasteiger partial charge in [-0.1, -0.05) is 13.8 Å². The molecule has 0 saturated heterocycles. The Bertz CT molecular complexity index is 370. The molecule has 1 aromatic rings. The molecule has 3 N–H and O–H groups in total. The first-order chi connectivity index (χ1) is 7.96. The Balaban J connectivity index is 2.46. The molecule has 0 saturated carbocycles. The Morgan fingerprint density at radius 3 is 2.82 bits per heavy atom. The van der Waals surface area contributed by atoms with Crippen LogP contribution in [0.4, 0.5) is 0 Å². The van der Waals surface area contributed by atoms with Crippen LogP contribution in [0.3, 0.4) is 0 Å². The summed E-state index contributed by atoms with van der Waals surface area (Å²) in [4.78, 5) is 10.8. The first kappa shape index (κ1) is 13.7. The zero-order chi connectivity index (χ0) is 12.9. The predicted molar refractivity (Wildman–Crippen MR) is 62.9 cm³/mol.